The van der Waals surface area contributed by atoms with Gasteiger partial charge in [0.15, 0.2) is 9.84 Å². The summed E-state index contributed by atoms with van der Waals surface area (Å²) in [5.74, 6) is -0.654. The van der Waals surface area contributed by atoms with Crippen LogP contribution in [0.4, 0.5) is 6.01 Å². The van der Waals surface area contributed by atoms with Gasteiger partial charge >= 0.3 is 6.01 Å². The lowest BCUT2D eigenvalue weighted by molar-refractivity contribution is -0.115. The molecule has 1 aromatic heterocycles. The van der Waals surface area contributed by atoms with E-state index in [4.69, 9.17) is 16.0 Å². The van der Waals surface area contributed by atoms with Crippen molar-refractivity contribution in [3.63, 3.8) is 0 Å². The molecule has 0 saturated heterocycles. The Morgan fingerprint density at radius 2 is 1.74 bits per heavy atom. The van der Waals surface area contributed by atoms with Crippen molar-refractivity contribution < 1.29 is 17.6 Å². The van der Waals surface area contributed by atoms with Gasteiger partial charge in [-0.2, -0.15) is 0 Å². The normalized spacial score (nSPS) is 11.3. The van der Waals surface area contributed by atoms with Gasteiger partial charge in [-0.05, 0) is 48.5 Å². The number of hydrogen-bond acceptors (Lipinski definition) is 6. The summed E-state index contributed by atoms with van der Waals surface area (Å²) in [5, 5.41) is 10.4. The highest BCUT2D eigenvalue weighted by Crippen LogP contribution is 2.22. The summed E-state index contributed by atoms with van der Waals surface area (Å²) < 4.78 is 30.8. The number of amides is 1. The lowest BCUT2D eigenvalue weighted by Gasteiger charge is -2.04. The van der Waals surface area contributed by atoms with Gasteiger partial charge in [-0.3, -0.25) is 10.1 Å². The van der Waals surface area contributed by atoms with Crippen molar-refractivity contribution >= 4 is 49.3 Å². The number of halogens is 2. The van der Waals surface area contributed by atoms with Crippen molar-refractivity contribution in [2.75, 3.05) is 11.1 Å². The topological polar surface area (TPSA) is 102 Å². The van der Waals surface area contributed by atoms with Gasteiger partial charge in [-0.1, -0.05) is 32.6 Å². The van der Waals surface area contributed by atoms with Gasteiger partial charge < -0.3 is 4.42 Å². The third-order valence-electron chi connectivity index (χ3n) is 3.53. The van der Waals surface area contributed by atoms with Gasteiger partial charge in [0.2, 0.25) is 11.8 Å². The van der Waals surface area contributed by atoms with E-state index in [1.54, 1.807) is 12.1 Å². The summed E-state index contributed by atoms with van der Waals surface area (Å²) in [5.41, 5.74) is 0.691. The monoisotopic (exact) mass is 469 g/mol. The molecule has 2 aromatic carbocycles. The van der Waals surface area contributed by atoms with Crippen LogP contribution < -0.4 is 5.32 Å². The highest BCUT2D eigenvalue weighted by molar-refractivity contribution is 9.10. The maximum atomic E-state index is 12.2. The van der Waals surface area contributed by atoms with Crippen molar-refractivity contribution in [3.05, 3.63) is 58.0 Å². The first kappa shape index (κ1) is 19.5. The van der Waals surface area contributed by atoms with Crippen LogP contribution in [0, 0.1) is 0 Å². The minimum atomic E-state index is -3.60. The lowest BCUT2D eigenvalue weighted by atomic mass is 10.2. The van der Waals surface area contributed by atoms with Crippen LogP contribution in [0.1, 0.15) is 6.42 Å². The highest BCUT2D eigenvalue weighted by atomic mass is 79.9. The molecule has 3 aromatic rings. The van der Waals surface area contributed by atoms with Crippen LogP contribution in [-0.4, -0.2) is 30.3 Å². The van der Waals surface area contributed by atoms with Crippen molar-refractivity contribution in [2.45, 2.75) is 11.3 Å². The molecule has 0 fully saturated rings. The molecule has 1 heterocycles. The van der Waals surface area contributed by atoms with Crippen molar-refractivity contribution in [1.82, 2.24) is 10.2 Å². The number of nitrogens with one attached hydrogen (secondary N) is 1. The Hall–Kier alpha value is -2.23. The second kappa shape index (κ2) is 8.20. The molecule has 0 saturated carbocycles. The molecule has 27 heavy (non-hydrogen) atoms. The van der Waals surface area contributed by atoms with E-state index >= 15 is 0 Å². The van der Waals surface area contributed by atoms with Crippen LogP contribution in [0.3, 0.4) is 0 Å². The lowest BCUT2D eigenvalue weighted by Crippen LogP contribution is -2.17. The third kappa shape index (κ3) is 5.15. The Balaban J connectivity index is 1.59. The van der Waals surface area contributed by atoms with E-state index in [2.05, 4.69) is 31.4 Å². The average Bonchev–Trinajstić information content (AvgIpc) is 3.09. The first-order valence-electron chi connectivity index (χ1n) is 7.71. The smallest absolute Gasteiger partial charge is 0.322 e. The van der Waals surface area contributed by atoms with Crippen LogP contribution in [-0.2, 0) is 14.6 Å². The number of carbonyl (C=O) groups is 1. The fourth-order valence-electron chi connectivity index (χ4n) is 2.15. The molecule has 0 aliphatic carbocycles. The quantitative estimate of drug-likeness (QED) is 0.585. The van der Waals surface area contributed by atoms with Crippen LogP contribution in [0.15, 0.2) is 62.3 Å². The van der Waals surface area contributed by atoms with Gasteiger partial charge in [0.1, 0.15) is 0 Å². The average molecular weight is 471 g/mol. The van der Waals surface area contributed by atoms with E-state index in [-0.39, 0.29) is 29.0 Å². The third-order valence-corrected chi connectivity index (χ3v) is 6.05. The van der Waals surface area contributed by atoms with E-state index in [9.17, 15) is 13.2 Å². The molecular formula is C17H13BrClN3O4S. The van der Waals surface area contributed by atoms with Crippen LogP contribution >= 0.6 is 27.5 Å². The summed E-state index contributed by atoms with van der Waals surface area (Å²) in [6.07, 6.45) is -0.249. The first-order valence-corrected chi connectivity index (χ1v) is 10.5. The second-order valence-electron chi connectivity index (χ2n) is 5.49. The number of carbonyl (C=O) groups excluding carboxylic acids is 1. The van der Waals surface area contributed by atoms with Gasteiger partial charge in [-0.15, -0.1) is 5.10 Å². The molecule has 10 heteroatoms. The number of rotatable bonds is 6. The van der Waals surface area contributed by atoms with Gasteiger partial charge in [0.25, 0.3) is 0 Å². The molecule has 3 rings (SSSR count). The Bertz CT molecular complexity index is 1050. The predicted molar refractivity (Wildman–Crippen MR) is 104 cm³/mol. The molecule has 0 spiro atoms. The molecule has 0 bridgehead atoms. The summed E-state index contributed by atoms with van der Waals surface area (Å²) in [7, 11) is -3.60. The summed E-state index contributed by atoms with van der Waals surface area (Å²) in [6, 6.07) is 12.9. The summed E-state index contributed by atoms with van der Waals surface area (Å²) in [6.45, 7) is 0. The van der Waals surface area contributed by atoms with Gasteiger partial charge in [-0.25, -0.2) is 8.42 Å². The standard InChI is InChI=1S/C17H13BrClN3O4S/c18-12-3-1-11(2-4-12)16-21-22-17(26-16)20-15(23)9-10-27(24,25)14-7-5-13(19)6-8-14/h1-8H,9-10H2,(H,20,22,23). The molecule has 1 N–H and O–H groups in total. The minimum absolute atomic E-state index is 0.0955. The van der Waals surface area contributed by atoms with Crippen molar-refractivity contribution in [3.8, 4) is 11.5 Å². The van der Waals surface area contributed by atoms with E-state index in [0.29, 0.717) is 10.6 Å². The molecule has 7 nitrogen and oxygen atoms in total. The zero-order valence-corrected chi connectivity index (χ0v) is 16.9. The van der Waals surface area contributed by atoms with Crippen LogP contribution in [0.25, 0.3) is 11.5 Å². The first-order chi connectivity index (χ1) is 12.8. The predicted octanol–water partition coefficient (Wildman–Crippen LogP) is 3.96. The summed E-state index contributed by atoms with van der Waals surface area (Å²) in [4.78, 5) is 12.1. The number of aromatic nitrogens is 2. The fraction of sp³-hybridized carbons (Fsp3) is 0.118. The molecule has 1 amide bonds. The number of benzene rings is 2. The fourth-order valence-corrected chi connectivity index (χ4v) is 3.78. The molecule has 0 aliphatic heterocycles. The molecular weight excluding hydrogens is 458 g/mol. The Kier molecular flexibility index (Phi) is 5.93. The molecule has 0 atom stereocenters. The second-order valence-corrected chi connectivity index (χ2v) is 8.95. The Labute approximate surface area is 168 Å². The van der Waals surface area contributed by atoms with Crippen molar-refractivity contribution in [1.29, 1.82) is 0 Å². The van der Waals surface area contributed by atoms with E-state index in [1.165, 1.54) is 24.3 Å². The number of nitrogens with zero attached hydrogens (tertiary/aromatic N) is 2. The van der Waals surface area contributed by atoms with E-state index < -0.39 is 15.7 Å². The Morgan fingerprint density at radius 3 is 2.41 bits per heavy atom. The zero-order chi connectivity index (χ0) is 19.4. The Morgan fingerprint density at radius 1 is 1.07 bits per heavy atom. The van der Waals surface area contributed by atoms with Gasteiger partial charge in [0, 0.05) is 21.5 Å². The molecule has 0 radical (unpaired) electrons. The maximum absolute atomic E-state index is 12.2. The molecule has 0 aliphatic rings. The number of sulfone groups is 1. The highest BCUT2D eigenvalue weighted by Gasteiger charge is 2.18. The minimum Gasteiger partial charge on any atom is -0.403 e. The number of anilines is 1. The SMILES string of the molecule is O=C(CCS(=O)(=O)c1ccc(Cl)cc1)Nc1nnc(-c2ccc(Br)cc2)o1. The van der Waals surface area contributed by atoms with E-state index in [1.807, 2.05) is 12.1 Å². The van der Waals surface area contributed by atoms with Crippen LogP contribution in [0.2, 0.25) is 5.02 Å². The van der Waals surface area contributed by atoms with Gasteiger partial charge in [0.05, 0.1) is 10.6 Å². The van der Waals surface area contributed by atoms with E-state index in [0.717, 1.165) is 4.47 Å². The maximum Gasteiger partial charge on any atom is 0.322 e. The summed E-state index contributed by atoms with van der Waals surface area (Å²) >= 11 is 9.08. The van der Waals surface area contributed by atoms with Crippen molar-refractivity contribution in [2.24, 2.45) is 0 Å². The number of hydrogen-bond donors (Lipinski definition) is 1. The van der Waals surface area contributed by atoms with Crippen LogP contribution in [0.5, 0.6) is 0 Å². The largest absolute Gasteiger partial charge is 0.403 e. The molecule has 140 valence electrons. The molecule has 0 unspecified atom stereocenters. The zero-order valence-electron chi connectivity index (χ0n) is 13.7.